The first-order valence-corrected chi connectivity index (χ1v) is 8.00. The molecule has 6 nitrogen and oxygen atoms in total. The lowest BCUT2D eigenvalue weighted by Crippen LogP contribution is -2.40. The molecule has 1 aliphatic rings. The number of likely N-dealkylation sites (tertiary alicyclic amines) is 1. The molecule has 0 radical (unpaired) electrons. The largest absolute Gasteiger partial charge is 0.548 e. The lowest BCUT2D eigenvalue weighted by Gasteiger charge is -2.25. The smallest absolute Gasteiger partial charge is 0.295 e. The van der Waals surface area contributed by atoms with Gasteiger partial charge in [0.2, 0.25) is 0 Å². The minimum absolute atomic E-state index is 0.133. The highest BCUT2D eigenvalue weighted by Crippen LogP contribution is 2.38. The Labute approximate surface area is 150 Å². The number of carboxylic acid groups (broad SMARTS) is 1. The predicted octanol–water partition coefficient (Wildman–Crippen LogP) is 1.17. The van der Waals surface area contributed by atoms with Crippen LogP contribution in [0.5, 0.6) is 0 Å². The summed E-state index contributed by atoms with van der Waals surface area (Å²) in [5, 5.41) is 21.8. The van der Waals surface area contributed by atoms with Crippen LogP contribution in [0.25, 0.3) is 5.76 Å². The van der Waals surface area contributed by atoms with Crippen LogP contribution in [0.4, 0.5) is 0 Å². The van der Waals surface area contributed by atoms with E-state index < -0.39 is 30.2 Å². The summed E-state index contributed by atoms with van der Waals surface area (Å²) in [4.78, 5) is 36.9. The Hall–Kier alpha value is -3.41. The molecule has 0 spiro atoms. The van der Waals surface area contributed by atoms with E-state index in [0.717, 1.165) is 10.5 Å². The number of carbonyl (C=O) groups is 3. The quantitative estimate of drug-likeness (QED) is 0.507. The van der Waals surface area contributed by atoms with Gasteiger partial charge in [-0.05, 0) is 12.5 Å². The van der Waals surface area contributed by atoms with Gasteiger partial charge < -0.3 is 19.9 Å². The van der Waals surface area contributed by atoms with Crippen LogP contribution in [0.1, 0.15) is 22.7 Å². The molecule has 6 heteroatoms. The normalized spacial score (nSPS) is 19.0. The highest BCUT2D eigenvalue weighted by Gasteiger charge is 2.45. The van der Waals surface area contributed by atoms with Gasteiger partial charge in [0.25, 0.3) is 11.7 Å². The van der Waals surface area contributed by atoms with Crippen LogP contribution < -0.4 is 5.11 Å². The third kappa shape index (κ3) is 3.09. The van der Waals surface area contributed by atoms with E-state index in [2.05, 4.69) is 0 Å². The van der Waals surface area contributed by atoms with Crippen LogP contribution in [0.3, 0.4) is 0 Å². The molecule has 0 aliphatic carbocycles. The number of hydrogen-bond donors (Lipinski definition) is 1. The van der Waals surface area contributed by atoms with E-state index in [-0.39, 0.29) is 11.3 Å². The second-order valence-electron chi connectivity index (χ2n) is 6.08. The number of aliphatic hydroxyl groups excluding tert-OH is 1. The molecule has 1 amide bonds. The average molecular weight is 350 g/mol. The number of ketones is 1. The molecule has 132 valence electrons. The van der Waals surface area contributed by atoms with Crippen molar-refractivity contribution in [2.45, 2.75) is 13.0 Å². The highest BCUT2D eigenvalue weighted by atomic mass is 16.4. The van der Waals surface area contributed by atoms with Crippen molar-refractivity contribution in [2.24, 2.45) is 0 Å². The molecule has 0 saturated carbocycles. The Morgan fingerprint density at radius 3 is 2.27 bits per heavy atom. The number of carboxylic acids is 1. The number of benzene rings is 2. The van der Waals surface area contributed by atoms with Gasteiger partial charge in [-0.25, -0.2) is 0 Å². The van der Waals surface area contributed by atoms with Gasteiger partial charge in [-0.15, -0.1) is 0 Å². The van der Waals surface area contributed by atoms with Crippen molar-refractivity contribution in [3.63, 3.8) is 0 Å². The molecule has 2 aromatic rings. The number of rotatable bonds is 4. The summed E-state index contributed by atoms with van der Waals surface area (Å²) in [7, 11) is 0. The zero-order chi connectivity index (χ0) is 18.8. The first-order chi connectivity index (χ1) is 12.4. The third-order valence-electron chi connectivity index (χ3n) is 4.28. The van der Waals surface area contributed by atoms with Gasteiger partial charge in [0.05, 0.1) is 24.1 Å². The van der Waals surface area contributed by atoms with Crippen molar-refractivity contribution in [3.8, 4) is 0 Å². The third-order valence-corrected chi connectivity index (χ3v) is 4.28. The fourth-order valence-corrected chi connectivity index (χ4v) is 3.03. The van der Waals surface area contributed by atoms with Crippen LogP contribution in [-0.2, 0) is 14.4 Å². The first kappa shape index (κ1) is 17.4. The molecule has 1 fully saturated rings. The second-order valence-corrected chi connectivity index (χ2v) is 6.08. The second kappa shape index (κ2) is 6.84. The Morgan fingerprint density at radius 2 is 1.69 bits per heavy atom. The van der Waals surface area contributed by atoms with E-state index in [4.69, 9.17) is 0 Å². The van der Waals surface area contributed by atoms with E-state index in [1.165, 1.54) is 0 Å². The summed E-state index contributed by atoms with van der Waals surface area (Å²) < 4.78 is 0. The minimum atomic E-state index is -1.48. The number of hydrogen-bond acceptors (Lipinski definition) is 5. The lowest BCUT2D eigenvalue weighted by atomic mass is 9.95. The van der Waals surface area contributed by atoms with Crippen molar-refractivity contribution in [2.75, 3.05) is 6.54 Å². The fourth-order valence-electron chi connectivity index (χ4n) is 3.03. The molecule has 2 aromatic carbocycles. The lowest BCUT2D eigenvalue weighted by molar-refractivity contribution is -0.306. The van der Waals surface area contributed by atoms with Gasteiger partial charge in [0, 0.05) is 5.56 Å². The average Bonchev–Trinajstić information content (AvgIpc) is 2.87. The van der Waals surface area contributed by atoms with Crippen LogP contribution in [0, 0.1) is 6.92 Å². The van der Waals surface area contributed by atoms with Gasteiger partial charge in [0.1, 0.15) is 5.76 Å². The molecular formula is C20H16NO5-. The Balaban J connectivity index is 2.18. The van der Waals surface area contributed by atoms with Gasteiger partial charge in [-0.3, -0.25) is 9.59 Å². The van der Waals surface area contributed by atoms with Crippen LogP contribution in [0.15, 0.2) is 60.2 Å². The van der Waals surface area contributed by atoms with Crippen LogP contribution in [-0.4, -0.2) is 34.2 Å². The summed E-state index contributed by atoms with van der Waals surface area (Å²) in [5.41, 5.74) is 1.74. The summed E-state index contributed by atoms with van der Waals surface area (Å²) in [6.45, 7) is 1.14. The SMILES string of the molecule is Cc1ccc(C(O)=C2C(=O)C(=O)N(CC(=O)[O-])[C@@H]2c2ccccc2)cc1. The van der Waals surface area contributed by atoms with E-state index in [9.17, 15) is 24.6 Å². The molecule has 1 N–H and O–H groups in total. The minimum Gasteiger partial charge on any atom is -0.548 e. The molecule has 0 bridgehead atoms. The Morgan fingerprint density at radius 1 is 1.08 bits per heavy atom. The fraction of sp³-hybridized carbons (Fsp3) is 0.150. The molecule has 1 atom stereocenters. The van der Waals surface area contributed by atoms with Crippen molar-refractivity contribution in [1.29, 1.82) is 0 Å². The number of carbonyl (C=O) groups excluding carboxylic acids is 3. The topological polar surface area (TPSA) is 97.7 Å². The van der Waals surface area contributed by atoms with Gasteiger partial charge in [-0.1, -0.05) is 60.2 Å². The summed E-state index contributed by atoms with van der Waals surface area (Å²) in [5.74, 6) is -3.71. The van der Waals surface area contributed by atoms with Crippen molar-refractivity contribution in [3.05, 3.63) is 76.9 Å². The molecule has 0 unspecified atom stereocenters. The summed E-state index contributed by atoms with van der Waals surface area (Å²) >= 11 is 0. The molecule has 0 aromatic heterocycles. The van der Waals surface area contributed by atoms with Gasteiger partial charge in [-0.2, -0.15) is 0 Å². The Kier molecular flexibility index (Phi) is 4.58. The van der Waals surface area contributed by atoms with Crippen molar-refractivity contribution in [1.82, 2.24) is 4.90 Å². The van der Waals surface area contributed by atoms with E-state index in [1.807, 2.05) is 6.92 Å². The molecule has 26 heavy (non-hydrogen) atoms. The molecule has 1 aliphatic heterocycles. The van der Waals surface area contributed by atoms with Gasteiger partial charge in [0.15, 0.2) is 0 Å². The zero-order valence-electron chi connectivity index (χ0n) is 14.0. The molecule has 1 heterocycles. The van der Waals surface area contributed by atoms with Gasteiger partial charge >= 0.3 is 0 Å². The maximum atomic E-state index is 12.5. The maximum absolute atomic E-state index is 12.5. The number of aryl methyl sites for hydroxylation is 1. The number of aliphatic hydroxyl groups is 1. The standard InChI is InChI=1S/C20H17NO5/c1-12-7-9-14(10-8-12)18(24)16-17(13-5-3-2-4-6-13)21(11-15(22)23)20(26)19(16)25/h2-10,17,24H,11H2,1H3,(H,22,23)/p-1/t17-/m1/s1. The number of nitrogens with zero attached hydrogens (tertiary/aromatic N) is 1. The van der Waals surface area contributed by atoms with Crippen molar-refractivity contribution < 1.29 is 24.6 Å². The highest BCUT2D eigenvalue weighted by molar-refractivity contribution is 6.46. The van der Waals surface area contributed by atoms with E-state index in [0.29, 0.717) is 11.1 Å². The first-order valence-electron chi connectivity index (χ1n) is 8.00. The van der Waals surface area contributed by atoms with E-state index >= 15 is 0 Å². The van der Waals surface area contributed by atoms with E-state index in [1.54, 1.807) is 54.6 Å². The monoisotopic (exact) mass is 350 g/mol. The van der Waals surface area contributed by atoms with Crippen LogP contribution in [0.2, 0.25) is 0 Å². The molecule has 3 rings (SSSR count). The Bertz CT molecular complexity index is 900. The summed E-state index contributed by atoms with van der Waals surface area (Å²) in [6, 6.07) is 14.3. The van der Waals surface area contributed by atoms with Crippen LogP contribution >= 0.6 is 0 Å². The predicted molar refractivity (Wildman–Crippen MR) is 91.6 cm³/mol. The molecule has 1 saturated heterocycles. The molecular weight excluding hydrogens is 334 g/mol. The number of amides is 1. The number of Topliss-reactive ketones (excluding diaryl/α,β-unsaturated/α-hetero) is 1. The van der Waals surface area contributed by atoms with Crippen molar-refractivity contribution >= 4 is 23.4 Å². The number of aliphatic carboxylic acids is 1. The maximum Gasteiger partial charge on any atom is 0.295 e. The summed E-state index contributed by atoms with van der Waals surface area (Å²) in [6.07, 6.45) is 0. The zero-order valence-corrected chi connectivity index (χ0v) is 14.0.